The van der Waals surface area contributed by atoms with Gasteiger partial charge in [-0.1, -0.05) is 28.4 Å². The molecule has 0 bridgehead atoms. The van der Waals surface area contributed by atoms with Crippen LogP contribution >= 0.6 is 15.9 Å². The number of benzene rings is 1. The van der Waals surface area contributed by atoms with Crippen LogP contribution in [0.4, 0.5) is 0 Å². The highest BCUT2D eigenvalue weighted by Crippen LogP contribution is 2.45. The van der Waals surface area contributed by atoms with Crippen LogP contribution in [0.25, 0.3) is 0 Å². The van der Waals surface area contributed by atoms with Crippen molar-refractivity contribution in [3.8, 4) is 0 Å². The van der Waals surface area contributed by atoms with Crippen molar-refractivity contribution in [1.82, 2.24) is 0 Å². The van der Waals surface area contributed by atoms with Gasteiger partial charge in [-0.05, 0) is 62.3 Å². The molecule has 1 atom stereocenters. The van der Waals surface area contributed by atoms with E-state index in [1.165, 1.54) is 0 Å². The number of ether oxygens (including phenoxy) is 1. The third-order valence-corrected chi connectivity index (χ3v) is 5.33. The SMILES string of the molecule is Cc1cc(C)c(C2C(=O)OC3(CCCCC3)C2=O)c(Br)c1. The molecule has 1 unspecified atom stereocenters. The summed E-state index contributed by atoms with van der Waals surface area (Å²) in [5, 5.41) is 0. The molecule has 1 aromatic rings. The van der Waals surface area contributed by atoms with E-state index in [2.05, 4.69) is 15.9 Å². The van der Waals surface area contributed by atoms with E-state index in [4.69, 9.17) is 4.74 Å². The second kappa shape index (κ2) is 5.24. The quantitative estimate of drug-likeness (QED) is 0.568. The molecule has 1 spiro atoms. The lowest BCUT2D eigenvalue weighted by molar-refractivity contribution is -0.154. The predicted octanol–water partition coefficient (Wildman–Crippen LogP) is 3.98. The monoisotopic (exact) mass is 350 g/mol. The zero-order valence-electron chi connectivity index (χ0n) is 12.4. The molecule has 2 fully saturated rings. The maximum absolute atomic E-state index is 12.9. The molecule has 1 heterocycles. The number of carbonyl (C=O) groups is 2. The van der Waals surface area contributed by atoms with Crippen LogP contribution in [0, 0.1) is 13.8 Å². The summed E-state index contributed by atoms with van der Waals surface area (Å²) in [5.74, 6) is -1.19. The molecule has 4 heteroatoms. The summed E-state index contributed by atoms with van der Waals surface area (Å²) in [6, 6.07) is 3.96. The van der Waals surface area contributed by atoms with E-state index in [9.17, 15) is 9.59 Å². The number of hydrogen-bond acceptors (Lipinski definition) is 3. The highest BCUT2D eigenvalue weighted by Gasteiger charge is 2.56. The largest absolute Gasteiger partial charge is 0.450 e. The summed E-state index contributed by atoms with van der Waals surface area (Å²) < 4.78 is 6.42. The van der Waals surface area contributed by atoms with Crippen molar-refractivity contribution in [3.63, 3.8) is 0 Å². The summed E-state index contributed by atoms with van der Waals surface area (Å²) in [6.45, 7) is 3.94. The molecule has 3 nitrogen and oxygen atoms in total. The summed E-state index contributed by atoms with van der Waals surface area (Å²) in [5.41, 5.74) is 1.99. The molecule has 0 amide bonds. The van der Waals surface area contributed by atoms with Crippen LogP contribution in [-0.4, -0.2) is 17.4 Å². The van der Waals surface area contributed by atoms with Crippen molar-refractivity contribution < 1.29 is 14.3 Å². The van der Waals surface area contributed by atoms with E-state index in [0.29, 0.717) is 12.8 Å². The summed E-state index contributed by atoms with van der Waals surface area (Å²) in [7, 11) is 0. The second-order valence-corrected chi connectivity index (χ2v) is 7.10. The van der Waals surface area contributed by atoms with Crippen LogP contribution in [-0.2, 0) is 14.3 Å². The molecule has 1 aliphatic heterocycles. The third-order valence-electron chi connectivity index (χ3n) is 4.67. The molecule has 1 aliphatic carbocycles. The third kappa shape index (κ3) is 2.33. The van der Waals surface area contributed by atoms with Crippen molar-refractivity contribution in [2.24, 2.45) is 0 Å². The van der Waals surface area contributed by atoms with Gasteiger partial charge in [0.1, 0.15) is 5.92 Å². The Morgan fingerprint density at radius 1 is 1.14 bits per heavy atom. The van der Waals surface area contributed by atoms with Gasteiger partial charge in [0.2, 0.25) is 0 Å². The number of hydrogen-bond donors (Lipinski definition) is 0. The van der Waals surface area contributed by atoms with Gasteiger partial charge >= 0.3 is 5.97 Å². The van der Waals surface area contributed by atoms with Crippen molar-refractivity contribution in [2.45, 2.75) is 57.5 Å². The lowest BCUT2D eigenvalue weighted by Gasteiger charge is -2.30. The fourth-order valence-corrected chi connectivity index (χ4v) is 4.59. The van der Waals surface area contributed by atoms with Gasteiger partial charge in [0.05, 0.1) is 0 Å². The van der Waals surface area contributed by atoms with Gasteiger partial charge in [0, 0.05) is 4.47 Å². The van der Waals surface area contributed by atoms with Crippen LogP contribution in [0.2, 0.25) is 0 Å². The molecule has 0 radical (unpaired) electrons. The highest BCUT2D eigenvalue weighted by molar-refractivity contribution is 9.10. The number of Topliss-reactive ketones (excluding diaryl/α,β-unsaturated/α-hetero) is 1. The average Bonchev–Trinajstić information content (AvgIpc) is 2.63. The topological polar surface area (TPSA) is 43.4 Å². The Hall–Kier alpha value is -1.16. The molecule has 112 valence electrons. The Bertz CT molecular complexity index is 591. The van der Waals surface area contributed by atoms with Crippen molar-refractivity contribution in [2.75, 3.05) is 0 Å². The number of esters is 1. The van der Waals surface area contributed by atoms with Gasteiger partial charge in [-0.3, -0.25) is 9.59 Å². The number of ketones is 1. The van der Waals surface area contributed by atoms with Crippen LogP contribution in [0.15, 0.2) is 16.6 Å². The molecule has 3 rings (SSSR count). The Balaban J connectivity index is 2.04. The normalized spacial score (nSPS) is 24.4. The van der Waals surface area contributed by atoms with Gasteiger partial charge in [0.25, 0.3) is 0 Å². The van der Waals surface area contributed by atoms with E-state index < -0.39 is 11.5 Å². The minimum Gasteiger partial charge on any atom is -0.450 e. The molecule has 0 N–H and O–H groups in total. The molecule has 0 aromatic heterocycles. The molecular weight excluding hydrogens is 332 g/mol. The summed E-state index contributed by atoms with van der Waals surface area (Å²) >= 11 is 3.52. The van der Waals surface area contributed by atoms with Gasteiger partial charge in [-0.25, -0.2) is 0 Å². The van der Waals surface area contributed by atoms with Crippen molar-refractivity contribution >= 4 is 27.7 Å². The van der Waals surface area contributed by atoms with E-state index in [1.807, 2.05) is 26.0 Å². The minimum absolute atomic E-state index is 0.0418. The van der Waals surface area contributed by atoms with E-state index >= 15 is 0 Å². The van der Waals surface area contributed by atoms with E-state index in [0.717, 1.165) is 40.4 Å². The molecule has 1 aromatic carbocycles. The van der Waals surface area contributed by atoms with Crippen molar-refractivity contribution in [1.29, 1.82) is 0 Å². The fourth-order valence-electron chi connectivity index (χ4n) is 3.68. The molecular formula is C17H19BrO3. The maximum atomic E-state index is 12.9. The van der Waals surface area contributed by atoms with Crippen LogP contribution in [0.1, 0.15) is 54.7 Å². The van der Waals surface area contributed by atoms with E-state index in [1.54, 1.807) is 0 Å². The number of aryl methyl sites for hydroxylation is 2. The van der Waals surface area contributed by atoms with Gasteiger partial charge < -0.3 is 4.74 Å². The van der Waals surface area contributed by atoms with Gasteiger partial charge in [-0.2, -0.15) is 0 Å². The maximum Gasteiger partial charge on any atom is 0.322 e. The Morgan fingerprint density at radius 3 is 2.43 bits per heavy atom. The highest BCUT2D eigenvalue weighted by atomic mass is 79.9. The van der Waals surface area contributed by atoms with Crippen LogP contribution in [0.3, 0.4) is 0 Å². The Morgan fingerprint density at radius 2 is 1.81 bits per heavy atom. The number of carbonyl (C=O) groups excluding carboxylic acids is 2. The number of halogens is 1. The first kappa shape index (κ1) is 14.8. The van der Waals surface area contributed by atoms with Gasteiger partial charge in [0.15, 0.2) is 11.4 Å². The molecule has 1 saturated heterocycles. The molecule has 21 heavy (non-hydrogen) atoms. The molecule has 1 saturated carbocycles. The summed E-state index contributed by atoms with van der Waals surface area (Å²) in [6.07, 6.45) is 4.39. The van der Waals surface area contributed by atoms with Crippen molar-refractivity contribution in [3.05, 3.63) is 33.3 Å². The Kier molecular flexibility index (Phi) is 3.68. The zero-order valence-corrected chi connectivity index (χ0v) is 14.0. The minimum atomic E-state index is -0.850. The predicted molar refractivity (Wildman–Crippen MR) is 83.3 cm³/mol. The summed E-state index contributed by atoms with van der Waals surface area (Å²) in [4.78, 5) is 25.3. The average molecular weight is 351 g/mol. The van der Waals surface area contributed by atoms with Gasteiger partial charge in [-0.15, -0.1) is 0 Å². The van der Waals surface area contributed by atoms with E-state index in [-0.39, 0.29) is 11.8 Å². The first-order chi connectivity index (χ1) is 9.94. The van der Waals surface area contributed by atoms with Crippen LogP contribution < -0.4 is 0 Å². The zero-order chi connectivity index (χ0) is 15.2. The standard InChI is InChI=1S/C17H19BrO3/c1-10-8-11(2)13(12(18)9-10)14-15(19)17(21-16(14)20)6-4-3-5-7-17/h8-9,14H,3-7H2,1-2H3. The lowest BCUT2D eigenvalue weighted by atomic mass is 9.77. The molecule has 2 aliphatic rings. The lowest BCUT2D eigenvalue weighted by Crippen LogP contribution is -2.39. The fraction of sp³-hybridized carbons (Fsp3) is 0.529. The first-order valence-electron chi connectivity index (χ1n) is 7.48. The smallest absolute Gasteiger partial charge is 0.322 e. The first-order valence-corrected chi connectivity index (χ1v) is 8.28. The second-order valence-electron chi connectivity index (χ2n) is 6.25. The number of rotatable bonds is 1. The van der Waals surface area contributed by atoms with Crippen LogP contribution in [0.5, 0.6) is 0 Å². The Labute approximate surface area is 133 Å².